The third kappa shape index (κ3) is 2.20. The van der Waals surface area contributed by atoms with E-state index in [2.05, 4.69) is 0 Å². The molecule has 1 aromatic rings. The van der Waals surface area contributed by atoms with E-state index < -0.39 is 17.7 Å². The predicted molar refractivity (Wildman–Crippen MR) is 56.5 cm³/mol. The molecular weight excluding hydrogens is 249 g/mol. The zero-order chi connectivity index (χ0) is 13.4. The van der Waals surface area contributed by atoms with Gasteiger partial charge in [0, 0.05) is 12.8 Å². The molecule has 0 spiro atoms. The maximum absolute atomic E-state index is 12.9. The first-order chi connectivity index (χ1) is 8.34. The Balaban J connectivity index is 2.23. The number of alkyl halides is 3. The lowest BCUT2D eigenvalue weighted by Gasteiger charge is -2.43. The quantitative estimate of drug-likeness (QED) is 0.908. The van der Waals surface area contributed by atoms with Crippen LogP contribution in [0.1, 0.15) is 22.3 Å². The number of ether oxygens (including phenoxy) is 1. The molecule has 2 rings (SSSR count). The van der Waals surface area contributed by atoms with Crippen molar-refractivity contribution >= 4 is 5.97 Å². The molecule has 0 bridgehead atoms. The fourth-order valence-corrected chi connectivity index (χ4v) is 1.96. The van der Waals surface area contributed by atoms with E-state index in [-0.39, 0.29) is 25.0 Å². The number of hydrogen-bond donors (Lipinski definition) is 1. The number of carboxylic acid groups (broad SMARTS) is 1. The van der Waals surface area contributed by atoms with Crippen LogP contribution in [-0.4, -0.2) is 29.5 Å². The number of hydrogen-bond acceptors (Lipinski definition) is 2. The summed E-state index contributed by atoms with van der Waals surface area (Å²) in [6, 6.07) is 5.49. The smallest absolute Gasteiger partial charge is 0.417 e. The van der Waals surface area contributed by atoms with E-state index in [1.807, 2.05) is 0 Å². The molecule has 3 nitrogen and oxygen atoms in total. The third-order valence-corrected chi connectivity index (χ3v) is 3.06. The summed E-state index contributed by atoms with van der Waals surface area (Å²) in [5.41, 5.74) is -1.86. The molecule has 1 unspecified atom stereocenters. The highest BCUT2D eigenvalue weighted by molar-refractivity contribution is 5.87. The van der Waals surface area contributed by atoms with Crippen molar-refractivity contribution in [1.29, 1.82) is 0 Å². The largest absolute Gasteiger partial charge is 0.478 e. The number of rotatable bonds is 3. The zero-order valence-corrected chi connectivity index (χ0v) is 9.33. The number of halogens is 3. The van der Waals surface area contributed by atoms with Crippen LogP contribution in [0.4, 0.5) is 13.2 Å². The second kappa shape index (κ2) is 4.28. The van der Waals surface area contributed by atoms with E-state index in [1.165, 1.54) is 24.3 Å². The molecule has 1 aliphatic heterocycles. The topological polar surface area (TPSA) is 46.5 Å². The average Bonchev–Trinajstić information content (AvgIpc) is 2.22. The Morgan fingerprint density at radius 1 is 1.44 bits per heavy atom. The van der Waals surface area contributed by atoms with Crippen molar-refractivity contribution in [1.82, 2.24) is 0 Å². The van der Waals surface area contributed by atoms with Crippen LogP contribution in [0.3, 0.4) is 0 Å². The maximum Gasteiger partial charge on any atom is 0.417 e. The van der Waals surface area contributed by atoms with E-state index in [0.717, 1.165) is 0 Å². The van der Waals surface area contributed by atoms with Gasteiger partial charge in [-0.25, -0.2) is 4.79 Å². The summed E-state index contributed by atoms with van der Waals surface area (Å²) >= 11 is 0. The summed E-state index contributed by atoms with van der Waals surface area (Å²) in [5, 5.41) is 8.79. The van der Waals surface area contributed by atoms with E-state index in [1.54, 1.807) is 0 Å². The van der Waals surface area contributed by atoms with Crippen LogP contribution < -0.4 is 0 Å². The molecule has 0 saturated carbocycles. The highest BCUT2D eigenvalue weighted by Crippen LogP contribution is 2.44. The molecule has 1 aromatic carbocycles. The number of benzene rings is 1. The molecule has 0 aliphatic carbocycles. The van der Waals surface area contributed by atoms with Crippen LogP contribution in [0.15, 0.2) is 24.3 Å². The minimum absolute atomic E-state index is 0.0239. The summed E-state index contributed by atoms with van der Waals surface area (Å²) < 4.78 is 43.3. The molecule has 6 heteroatoms. The number of aromatic carboxylic acids is 1. The summed E-state index contributed by atoms with van der Waals surface area (Å²) in [6.07, 6.45) is -4.88. The Labute approximate surface area is 101 Å². The molecule has 1 atom stereocenters. The Hall–Kier alpha value is -1.56. The van der Waals surface area contributed by atoms with Gasteiger partial charge < -0.3 is 9.84 Å². The minimum Gasteiger partial charge on any atom is -0.478 e. The van der Waals surface area contributed by atoms with Crippen LogP contribution in [-0.2, 0) is 11.2 Å². The molecule has 98 valence electrons. The van der Waals surface area contributed by atoms with E-state index in [9.17, 15) is 18.0 Å². The van der Waals surface area contributed by atoms with Crippen molar-refractivity contribution < 1.29 is 27.8 Å². The van der Waals surface area contributed by atoms with Gasteiger partial charge in [-0.1, -0.05) is 12.1 Å². The van der Waals surface area contributed by atoms with Crippen molar-refractivity contribution in [3.63, 3.8) is 0 Å². The SMILES string of the molecule is O=C(O)c1cccc(CC2(C(F)(F)F)CCO2)c1. The highest BCUT2D eigenvalue weighted by Gasteiger charge is 2.59. The molecule has 1 saturated heterocycles. The summed E-state index contributed by atoms with van der Waals surface area (Å²) in [5.74, 6) is -1.16. The summed E-state index contributed by atoms with van der Waals surface area (Å²) in [7, 11) is 0. The van der Waals surface area contributed by atoms with Gasteiger partial charge in [0.25, 0.3) is 0 Å². The Bertz CT molecular complexity index is 464. The number of carbonyl (C=O) groups is 1. The van der Waals surface area contributed by atoms with Crippen molar-refractivity contribution in [3.05, 3.63) is 35.4 Å². The van der Waals surface area contributed by atoms with Crippen molar-refractivity contribution in [2.75, 3.05) is 6.61 Å². The van der Waals surface area contributed by atoms with Gasteiger partial charge in [-0.05, 0) is 17.7 Å². The Morgan fingerprint density at radius 3 is 2.56 bits per heavy atom. The first kappa shape index (κ1) is 12.9. The van der Waals surface area contributed by atoms with Crippen LogP contribution in [0.5, 0.6) is 0 Å². The van der Waals surface area contributed by atoms with E-state index in [4.69, 9.17) is 9.84 Å². The fraction of sp³-hybridized carbons (Fsp3) is 0.417. The molecule has 0 amide bonds. The predicted octanol–water partition coefficient (Wildman–Crippen LogP) is 2.65. The lowest BCUT2D eigenvalue weighted by atomic mass is 9.86. The third-order valence-electron chi connectivity index (χ3n) is 3.06. The molecule has 0 aromatic heterocycles. The molecular formula is C12H11F3O3. The number of carboxylic acids is 1. The second-order valence-electron chi connectivity index (χ2n) is 4.27. The molecule has 1 fully saturated rings. The molecule has 1 aliphatic rings. The van der Waals surface area contributed by atoms with Gasteiger partial charge in [-0.3, -0.25) is 0 Å². The van der Waals surface area contributed by atoms with Gasteiger partial charge in [0.05, 0.1) is 12.2 Å². The van der Waals surface area contributed by atoms with Crippen molar-refractivity contribution in [2.45, 2.75) is 24.6 Å². The van der Waals surface area contributed by atoms with Crippen LogP contribution in [0.2, 0.25) is 0 Å². The first-order valence-corrected chi connectivity index (χ1v) is 5.37. The van der Waals surface area contributed by atoms with Crippen LogP contribution >= 0.6 is 0 Å². The first-order valence-electron chi connectivity index (χ1n) is 5.37. The van der Waals surface area contributed by atoms with Gasteiger partial charge >= 0.3 is 12.1 Å². The van der Waals surface area contributed by atoms with Crippen LogP contribution in [0.25, 0.3) is 0 Å². The fourth-order valence-electron chi connectivity index (χ4n) is 1.96. The summed E-state index contributed by atoms with van der Waals surface area (Å²) in [6.45, 7) is 0.0815. The second-order valence-corrected chi connectivity index (χ2v) is 4.27. The van der Waals surface area contributed by atoms with Gasteiger partial charge in [-0.2, -0.15) is 13.2 Å². The maximum atomic E-state index is 12.9. The zero-order valence-electron chi connectivity index (χ0n) is 9.33. The van der Waals surface area contributed by atoms with E-state index in [0.29, 0.717) is 5.56 Å². The van der Waals surface area contributed by atoms with Gasteiger partial charge in [0.1, 0.15) is 0 Å². The highest BCUT2D eigenvalue weighted by atomic mass is 19.4. The van der Waals surface area contributed by atoms with Crippen LogP contribution in [0, 0.1) is 0 Å². The lowest BCUT2D eigenvalue weighted by molar-refractivity contribution is -0.324. The van der Waals surface area contributed by atoms with Crippen molar-refractivity contribution in [3.8, 4) is 0 Å². The minimum atomic E-state index is -4.44. The van der Waals surface area contributed by atoms with E-state index >= 15 is 0 Å². The monoisotopic (exact) mass is 260 g/mol. The molecule has 1 heterocycles. The Morgan fingerprint density at radius 2 is 2.11 bits per heavy atom. The molecule has 0 radical (unpaired) electrons. The van der Waals surface area contributed by atoms with Gasteiger partial charge in [-0.15, -0.1) is 0 Å². The summed E-state index contributed by atoms with van der Waals surface area (Å²) in [4.78, 5) is 10.7. The normalized spacial score (nSPS) is 23.5. The standard InChI is InChI=1S/C12H11F3O3/c13-12(14,15)11(4-5-18-11)7-8-2-1-3-9(6-8)10(16)17/h1-3,6H,4-5,7H2,(H,16,17). The molecule has 1 N–H and O–H groups in total. The molecule has 18 heavy (non-hydrogen) atoms. The lowest BCUT2D eigenvalue weighted by Crippen LogP contribution is -2.57. The average molecular weight is 260 g/mol. The Kier molecular flexibility index (Phi) is 3.06. The van der Waals surface area contributed by atoms with Gasteiger partial charge in [0.2, 0.25) is 0 Å². The van der Waals surface area contributed by atoms with Gasteiger partial charge in [0.15, 0.2) is 5.60 Å². The van der Waals surface area contributed by atoms with Crippen molar-refractivity contribution in [2.24, 2.45) is 0 Å².